The van der Waals surface area contributed by atoms with Crippen molar-refractivity contribution in [2.24, 2.45) is 0 Å². The summed E-state index contributed by atoms with van der Waals surface area (Å²) in [7, 11) is 0. The molecular formula is C21H21FN4O2. The molecule has 0 saturated heterocycles. The Kier molecular flexibility index (Phi) is 5.54. The van der Waals surface area contributed by atoms with Gasteiger partial charge in [0.15, 0.2) is 11.6 Å². The van der Waals surface area contributed by atoms with Crippen molar-refractivity contribution in [2.45, 2.75) is 27.7 Å². The molecule has 0 unspecified atom stereocenters. The van der Waals surface area contributed by atoms with Gasteiger partial charge >= 0.3 is 12.0 Å². The van der Waals surface area contributed by atoms with E-state index in [1.807, 2.05) is 32.0 Å². The molecule has 1 heterocycles. The number of hydrogen-bond acceptors (Lipinski definition) is 4. The summed E-state index contributed by atoms with van der Waals surface area (Å²) in [6.45, 7) is 7.36. The maximum atomic E-state index is 13.7. The molecule has 0 bridgehead atoms. The molecular weight excluding hydrogens is 359 g/mol. The van der Waals surface area contributed by atoms with E-state index in [4.69, 9.17) is 4.74 Å². The molecule has 2 aromatic carbocycles. The lowest BCUT2D eigenvalue weighted by molar-refractivity contribution is 0.262. The molecule has 3 aromatic rings. The van der Waals surface area contributed by atoms with Crippen LogP contribution in [0.5, 0.6) is 11.8 Å². The Hall–Kier alpha value is -3.48. The van der Waals surface area contributed by atoms with Crippen molar-refractivity contribution in [3.05, 3.63) is 70.8 Å². The molecule has 7 heteroatoms. The van der Waals surface area contributed by atoms with Crippen molar-refractivity contribution in [2.75, 3.05) is 10.6 Å². The van der Waals surface area contributed by atoms with Gasteiger partial charge in [-0.2, -0.15) is 9.97 Å². The van der Waals surface area contributed by atoms with E-state index in [9.17, 15) is 9.18 Å². The zero-order valence-corrected chi connectivity index (χ0v) is 16.1. The molecule has 0 aliphatic rings. The van der Waals surface area contributed by atoms with Gasteiger partial charge in [-0.05, 0) is 63.1 Å². The maximum Gasteiger partial charge on any atom is 0.323 e. The van der Waals surface area contributed by atoms with E-state index in [1.165, 1.54) is 12.1 Å². The van der Waals surface area contributed by atoms with Crippen LogP contribution in [0.15, 0.2) is 42.5 Å². The Morgan fingerprint density at radius 1 is 0.929 bits per heavy atom. The van der Waals surface area contributed by atoms with Gasteiger partial charge in [0.2, 0.25) is 0 Å². The number of aryl methyl sites for hydroxylation is 4. The molecule has 6 nitrogen and oxygen atoms in total. The molecule has 0 saturated carbocycles. The second-order valence-corrected chi connectivity index (χ2v) is 6.54. The highest BCUT2D eigenvalue weighted by Crippen LogP contribution is 2.25. The number of hydrogen-bond donors (Lipinski definition) is 2. The number of anilines is 2. The third kappa shape index (κ3) is 4.62. The van der Waals surface area contributed by atoms with Crippen LogP contribution in [0.25, 0.3) is 0 Å². The summed E-state index contributed by atoms with van der Waals surface area (Å²) in [5.74, 6) is -0.467. The number of para-hydroxylation sites is 1. The highest BCUT2D eigenvalue weighted by atomic mass is 19.1. The predicted molar refractivity (Wildman–Crippen MR) is 107 cm³/mol. The monoisotopic (exact) mass is 380 g/mol. The fourth-order valence-corrected chi connectivity index (χ4v) is 2.86. The van der Waals surface area contributed by atoms with Crippen LogP contribution in [0.3, 0.4) is 0 Å². The number of halogens is 1. The van der Waals surface area contributed by atoms with Crippen molar-refractivity contribution >= 4 is 17.4 Å². The van der Waals surface area contributed by atoms with Crippen molar-refractivity contribution in [3.8, 4) is 11.8 Å². The quantitative estimate of drug-likeness (QED) is 0.645. The SMILES string of the molecule is Cc1cc(C)cc(NC(=O)Nc2c(C)nc(Oc3ccccc3F)nc2C)c1. The van der Waals surface area contributed by atoms with Crippen molar-refractivity contribution in [3.63, 3.8) is 0 Å². The Balaban J connectivity index is 1.75. The summed E-state index contributed by atoms with van der Waals surface area (Å²) in [6.07, 6.45) is 0. The van der Waals surface area contributed by atoms with Crippen LogP contribution in [0, 0.1) is 33.5 Å². The molecule has 0 aliphatic carbocycles. The molecule has 2 amide bonds. The van der Waals surface area contributed by atoms with Crippen molar-refractivity contribution in [1.29, 1.82) is 0 Å². The number of urea groups is 1. The smallest absolute Gasteiger partial charge is 0.323 e. The lowest BCUT2D eigenvalue weighted by Crippen LogP contribution is -2.21. The molecule has 2 N–H and O–H groups in total. The van der Waals surface area contributed by atoms with E-state index in [2.05, 4.69) is 20.6 Å². The average Bonchev–Trinajstić information content (AvgIpc) is 2.59. The first-order valence-corrected chi connectivity index (χ1v) is 8.76. The van der Waals surface area contributed by atoms with Gasteiger partial charge in [-0.15, -0.1) is 0 Å². The summed E-state index contributed by atoms with van der Waals surface area (Å²) in [5.41, 5.74) is 4.30. The van der Waals surface area contributed by atoms with Gasteiger partial charge in [0, 0.05) is 5.69 Å². The average molecular weight is 380 g/mol. The van der Waals surface area contributed by atoms with E-state index in [0.29, 0.717) is 22.8 Å². The van der Waals surface area contributed by atoms with Crippen LogP contribution in [-0.2, 0) is 0 Å². The molecule has 144 valence electrons. The topological polar surface area (TPSA) is 76.1 Å². The zero-order valence-electron chi connectivity index (χ0n) is 16.1. The number of carbonyl (C=O) groups is 1. The van der Waals surface area contributed by atoms with Gasteiger partial charge in [0.05, 0.1) is 17.1 Å². The molecule has 3 rings (SSSR count). The Morgan fingerprint density at radius 3 is 2.14 bits per heavy atom. The van der Waals surface area contributed by atoms with E-state index < -0.39 is 11.8 Å². The third-order valence-electron chi connectivity index (χ3n) is 4.01. The predicted octanol–water partition coefficient (Wildman–Crippen LogP) is 5.29. The standard InChI is InChI=1S/C21H21FN4O2/c1-12-9-13(2)11-16(10-12)25-20(27)26-19-14(3)23-21(24-15(19)4)28-18-8-6-5-7-17(18)22/h5-11H,1-4H3,(H2,25,26,27). The van der Waals surface area contributed by atoms with Gasteiger partial charge in [-0.1, -0.05) is 18.2 Å². The highest BCUT2D eigenvalue weighted by molar-refractivity contribution is 6.00. The zero-order chi connectivity index (χ0) is 20.3. The highest BCUT2D eigenvalue weighted by Gasteiger charge is 2.14. The summed E-state index contributed by atoms with van der Waals surface area (Å²) < 4.78 is 19.2. The normalized spacial score (nSPS) is 10.5. The van der Waals surface area contributed by atoms with E-state index in [0.717, 1.165) is 11.1 Å². The first-order chi connectivity index (χ1) is 13.3. The molecule has 0 spiro atoms. The molecule has 1 aromatic heterocycles. The first kappa shape index (κ1) is 19.3. The fourth-order valence-electron chi connectivity index (χ4n) is 2.86. The summed E-state index contributed by atoms with van der Waals surface area (Å²) in [5, 5.41) is 5.57. The number of nitrogens with one attached hydrogen (secondary N) is 2. The van der Waals surface area contributed by atoms with Gasteiger partial charge in [0.25, 0.3) is 0 Å². The number of aromatic nitrogens is 2. The number of ether oxygens (including phenoxy) is 1. The van der Waals surface area contributed by atoms with Crippen molar-refractivity contribution in [1.82, 2.24) is 9.97 Å². The molecule has 0 radical (unpaired) electrons. The Bertz CT molecular complexity index is 993. The lowest BCUT2D eigenvalue weighted by atomic mass is 10.1. The molecule has 28 heavy (non-hydrogen) atoms. The number of carbonyl (C=O) groups excluding carboxylic acids is 1. The number of rotatable bonds is 4. The van der Waals surface area contributed by atoms with Crippen LogP contribution >= 0.6 is 0 Å². The first-order valence-electron chi connectivity index (χ1n) is 8.76. The molecule has 0 fully saturated rings. The van der Waals surface area contributed by atoms with Gasteiger partial charge in [0.1, 0.15) is 0 Å². The van der Waals surface area contributed by atoms with Crippen LogP contribution in [0.1, 0.15) is 22.5 Å². The fraction of sp³-hybridized carbons (Fsp3) is 0.190. The van der Waals surface area contributed by atoms with Gasteiger partial charge in [-0.25, -0.2) is 9.18 Å². The third-order valence-corrected chi connectivity index (χ3v) is 4.01. The minimum absolute atomic E-state index is 0.0142. The number of nitrogens with zero attached hydrogens (tertiary/aromatic N) is 2. The second-order valence-electron chi connectivity index (χ2n) is 6.54. The molecule has 0 atom stereocenters. The number of benzene rings is 2. The lowest BCUT2D eigenvalue weighted by Gasteiger charge is -2.14. The maximum absolute atomic E-state index is 13.7. The van der Waals surface area contributed by atoms with Crippen molar-refractivity contribution < 1.29 is 13.9 Å². The van der Waals surface area contributed by atoms with Crippen LogP contribution < -0.4 is 15.4 Å². The van der Waals surface area contributed by atoms with E-state index in [-0.39, 0.29) is 11.8 Å². The van der Waals surface area contributed by atoms with E-state index in [1.54, 1.807) is 26.0 Å². The Morgan fingerprint density at radius 2 is 1.54 bits per heavy atom. The summed E-state index contributed by atoms with van der Waals surface area (Å²) >= 11 is 0. The largest absolute Gasteiger partial charge is 0.421 e. The molecule has 0 aliphatic heterocycles. The second kappa shape index (κ2) is 8.04. The van der Waals surface area contributed by atoms with Crippen LogP contribution in [0.2, 0.25) is 0 Å². The van der Waals surface area contributed by atoms with E-state index >= 15 is 0 Å². The summed E-state index contributed by atoms with van der Waals surface area (Å²) in [6, 6.07) is 11.4. The van der Waals surface area contributed by atoms with Gasteiger partial charge < -0.3 is 15.4 Å². The Labute approximate surface area is 162 Å². The minimum Gasteiger partial charge on any atom is -0.421 e. The van der Waals surface area contributed by atoms with Crippen LogP contribution in [-0.4, -0.2) is 16.0 Å². The number of amides is 2. The van der Waals surface area contributed by atoms with Gasteiger partial charge in [-0.3, -0.25) is 0 Å². The minimum atomic E-state index is -0.503. The summed E-state index contributed by atoms with van der Waals surface area (Å²) in [4.78, 5) is 20.8. The van der Waals surface area contributed by atoms with Crippen LogP contribution in [0.4, 0.5) is 20.6 Å².